The van der Waals surface area contributed by atoms with E-state index in [0.29, 0.717) is 19.0 Å². The van der Waals surface area contributed by atoms with E-state index in [1.54, 1.807) is 7.11 Å². The van der Waals surface area contributed by atoms with Gasteiger partial charge in [-0.25, -0.2) is 0 Å². The molecule has 22 heavy (non-hydrogen) atoms. The van der Waals surface area contributed by atoms with Gasteiger partial charge in [0.25, 0.3) is 5.91 Å². The van der Waals surface area contributed by atoms with Crippen molar-refractivity contribution >= 4 is 18.3 Å². The second-order valence-electron chi connectivity index (χ2n) is 6.05. The maximum absolute atomic E-state index is 12.7. The van der Waals surface area contributed by atoms with Gasteiger partial charge in [-0.15, -0.1) is 12.4 Å². The first-order valence-corrected chi connectivity index (χ1v) is 7.70. The number of nitrogens with two attached hydrogens (primary N) is 1. The number of benzene rings is 1. The molecule has 4 nitrogen and oxygen atoms in total. The molecule has 2 rings (SSSR count). The molecule has 1 amide bonds. The van der Waals surface area contributed by atoms with Gasteiger partial charge in [0.1, 0.15) is 0 Å². The standard InChI is InChI=1S/C17H26N2O2.ClH/c1-12(2)13-4-6-14(7-5-13)17(20)19-9-8-16(21-3)10-15(19)11-18;/h4-7,12,15-16H,8-11,18H2,1-3H3;1H. The highest BCUT2D eigenvalue weighted by Crippen LogP contribution is 2.22. The molecule has 1 fully saturated rings. The van der Waals surface area contributed by atoms with Gasteiger partial charge in [-0.1, -0.05) is 26.0 Å². The lowest BCUT2D eigenvalue weighted by Gasteiger charge is -2.38. The third-order valence-corrected chi connectivity index (χ3v) is 4.36. The third-order valence-electron chi connectivity index (χ3n) is 4.36. The van der Waals surface area contributed by atoms with Crippen LogP contribution in [0.3, 0.4) is 0 Å². The highest BCUT2D eigenvalue weighted by Gasteiger charge is 2.31. The van der Waals surface area contributed by atoms with Gasteiger partial charge in [0.2, 0.25) is 0 Å². The molecular formula is C17H27ClN2O2. The van der Waals surface area contributed by atoms with Gasteiger partial charge < -0.3 is 15.4 Å². The van der Waals surface area contributed by atoms with E-state index in [4.69, 9.17) is 10.5 Å². The molecule has 2 unspecified atom stereocenters. The number of hydrogen-bond acceptors (Lipinski definition) is 3. The van der Waals surface area contributed by atoms with E-state index >= 15 is 0 Å². The number of amides is 1. The molecular weight excluding hydrogens is 300 g/mol. The lowest BCUT2D eigenvalue weighted by Crippen LogP contribution is -2.51. The zero-order valence-corrected chi connectivity index (χ0v) is 14.4. The van der Waals surface area contributed by atoms with Crippen LogP contribution in [-0.4, -0.2) is 43.2 Å². The minimum absolute atomic E-state index is 0. The Labute approximate surface area is 139 Å². The molecule has 124 valence electrons. The first-order valence-electron chi connectivity index (χ1n) is 7.70. The molecule has 0 aliphatic carbocycles. The molecule has 0 saturated carbocycles. The maximum atomic E-state index is 12.7. The topological polar surface area (TPSA) is 55.6 Å². The predicted molar refractivity (Wildman–Crippen MR) is 91.7 cm³/mol. The van der Waals surface area contributed by atoms with Crippen molar-refractivity contribution < 1.29 is 9.53 Å². The lowest BCUT2D eigenvalue weighted by atomic mass is 9.97. The van der Waals surface area contributed by atoms with Crippen molar-refractivity contribution in [3.05, 3.63) is 35.4 Å². The molecule has 5 heteroatoms. The number of halogens is 1. The number of rotatable bonds is 4. The summed E-state index contributed by atoms with van der Waals surface area (Å²) in [5, 5.41) is 0. The van der Waals surface area contributed by atoms with E-state index in [9.17, 15) is 4.79 Å². The van der Waals surface area contributed by atoms with Gasteiger partial charge in [0.15, 0.2) is 0 Å². The monoisotopic (exact) mass is 326 g/mol. The summed E-state index contributed by atoms with van der Waals surface area (Å²) in [7, 11) is 1.72. The summed E-state index contributed by atoms with van der Waals surface area (Å²) in [6, 6.07) is 8.00. The van der Waals surface area contributed by atoms with Crippen LogP contribution in [-0.2, 0) is 4.74 Å². The zero-order chi connectivity index (χ0) is 15.4. The minimum atomic E-state index is 0. The average molecular weight is 327 g/mol. The van der Waals surface area contributed by atoms with E-state index < -0.39 is 0 Å². The molecule has 1 aliphatic rings. The first kappa shape index (κ1) is 18.9. The molecule has 1 heterocycles. The van der Waals surface area contributed by atoms with Crippen LogP contribution in [0.25, 0.3) is 0 Å². The summed E-state index contributed by atoms with van der Waals surface area (Å²) in [4.78, 5) is 14.6. The number of nitrogens with zero attached hydrogens (tertiary/aromatic N) is 1. The molecule has 0 aromatic heterocycles. The fourth-order valence-electron chi connectivity index (χ4n) is 2.90. The van der Waals surface area contributed by atoms with Crippen molar-refractivity contribution in [3.63, 3.8) is 0 Å². The quantitative estimate of drug-likeness (QED) is 0.925. The van der Waals surface area contributed by atoms with Crippen LogP contribution in [0, 0.1) is 0 Å². The largest absolute Gasteiger partial charge is 0.381 e. The molecule has 1 aromatic carbocycles. The van der Waals surface area contributed by atoms with E-state index in [1.807, 2.05) is 29.2 Å². The Morgan fingerprint density at radius 3 is 2.50 bits per heavy atom. The average Bonchev–Trinajstić information content (AvgIpc) is 2.53. The third kappa shape index (κ3) is 4.22. The highest BCUT2D eigenvalue weighted by molar-refractivity contribution is 5.94. The van der Waals surface area contributed by atoms with Crippen LogP contribution in [0.2, 0.25) is 0 Å². The van der Waals surface area contributed by atoms with Crippen LogP contribution in [0.5, 0.6) is 0 Å². The number of carbonyl (C=O) groups excluding carboxylic acids is 1. The number of methoxy groups -OCH3 is 1. The Hall–Kier alpha value is -1.10. The van der Waals surface area contributed by atoms with Gasteiger partial charge in [-0.3, -0.25) is 4.79 Å². The molecule has 1 aliphatic heterocycles. The Balaban J connectivity index is 0.00000242. The fourth-order valence-corrected chi connectivity index (χ4v) is 2.90. The Morgan fingerprint density at radius 1 is 1.36 bits per heavy atom. The van der Waals surface area contributed by atoms with Gasteiger partial charge in [-0.2, -0.15) is 0 Å². The SMILES string of the molecule is COC1CCN(C(=O)c2ccc(C(C)C)cc2)C(CN)C1.Cl. The Kier molecular flexibility index (Phi) is 7.33. The summed E-state index contributed by atoms with van der Waals surface area (Å²) in [6.45, 7) is 5.49. The van der Waals surface area contributed by atoms with Crippen molar-refractivity contribution in [1.82, 2.24) is 4.90 Å². The predicted octanol–water partition coefficient (Wildman–Crippen LogP) is 2.81. The van der Waals surface area contributed by atoms with Crippen LogP contribution in [0.1, 0.15) is 48.5 Å². The van der Waals surface area contributed by atoms with E-state index in [-0.39, 0.29) is 30.5 Å². The number of ether oxygens (including phenoxy) is 1. The first-order chi connectivity index (χ1) is 10.1. The normalized spacial score (nSPS) is 21.6. The summed E-state index contributed by atoms with van der Waals surface area (Å²) < 4.78 is 5.41. The molecule has 0 bridgehead atoms. The smallest absolute Gasteiger partial charge is 0.254 e. The van der Waals surface area contributed by atoms with Crippen LogP contribution >= 0.6 is 12.4 Å². The van der Waals surface area contributed by atoms with Gasteiger partial charge in [0.05, 0.1) is 6.10 Å². The van der Waals surface area contributed by atoms with Crippen molar-refractivity contribution in [2.75, 3.05) is 20.2 Å². The number of likely N-dealkylation sites (tertiary alicyclic amines) is 1. The molecule has 2 N–H and O–H groups in total. The number of carbonyl (C=O) groups is 1. The summed E-state index contributed by atoms with van der Waals surface area (Å²) in [5.74, 6) is 0.554. The van der Waals surface area contributed by atoms with Gasteiger partial charge in [0, 0.05) is 31.8 Å². The van der Waals surface area contributed by atoms with Crippen LogP contribution in [0.4, 0.5) is 0 Å². The van der Waals surface area contributed by atoms with Crippen molar-refractivity contribution in [3.8, 4) is 0 Å². The lowest BCUT2D eigenvalue weighted by molar-refractivity contribution is 0.0139. The van der Waals surface area contributed by atoms with Crippen LogP contribution in [0.15, 0.2) is 24.3 Å². The number of hydrogen-bond donors (Lipinski definition) is 1. The van der Waals surface area contributed by atoms with Crippen molar-refractivity contribution in [2.45, 2.75) is 44.8 Å². The summed E-state index contributed by atoms with van der Waals surface area (Å²) in [5.41, 5.74) is 7.84. The van der Waals surface area contributed by atoms with E-state index in [1.165, 1.54) is 5.56 Å². The second-order valence-corrected chi connectivity index (χ2v) is 6.05. The number of piperidine rings is 1. The summed E-state index contributed by atoms with van der Waals surface area (Å²) in [6.07, 6.45) is 1.91. The maximum Gasteiger partial charge on any atom is 0.254 e. The Morgan fingerprint density at radius 2 is 2.00 bits per heavy atom. The van der Waals surface area contributed by atoms with E-state index in [2.05, 4.69) is 13.8 Å². The van der Waals surface area contributed by atoms with E-state index in [0.717, 1.165) is 18.4 Å². The molecule has 2 atom stereocenters. The molecule has 1 aromatic rings. The van der Waals surface area contributed by atoms with Gasteiger partial charge in [-0.05, 0) is 36.5 Å². The van der Waals surface area contributed by atoms with Crippen molar-refractivity contribution in [1.29, 1.82) is 0 Å². The Bertz CT molecular complexity index is 476. The fraction of sp³-hybridized carbons (Fsp3) is 0.588. The molecule has 0 spiro atoms. The summed E-state index contributed by atoms with van der Waals surface area (Å²) >= 11 is 0. The highest BCUT2D eigenvalue weighted by atomic mass is 35.5. The van der Waals surface area contributed by atoms with Crippen molar-refractivity contribution in [2.24, 2.45) is 5.73 Å². The second kappa shape index (κ2) is 8.51. The minimum Gasteiger partial charge on any atom is -0.381 e. The zero-order valence-electron chi connectivity index (χ0n) is 13.6. The van der Waals surface area contributed by atoms with Crippen LogP contribution < -0.4 is 5.73 Å². The molecule has 0 radical (unpaired) electrons. The molecule has 1 saturated heterocycles. The van der Waals surface area contributed by atoms with Gasteiger partial charge >= 0.3 is 0 Å².